The molecule has 0 unspecified atom stereocenters. The molecule has 0 aliphatic rings. The summed E-state index contributed by atoms with van der Waals surface area (Å²) in [6, 6.07) is 10.6. The van der Waals surface area contributed by atoms with Crippen LogP contribution in [0.15, 0.2) is 30.3 Å². The van der Waals surface area contributed by atoms with E-state index < -0.39 is 0 Å². The smallest absolute Gasteiger partial charge is 0.0206 e. The normalized spacial score (nSPS) is 11.4. The van der Waals surface area contributed by atoms with E-state index in [1.165, 1.54) is 18.5 Å². The lowest BCUT2D eigenvalue weighted by molar-refractivity contribution is 0.309. The van der Waals surface area contributed by atoms with Crippen LogP contribution >= 0.6 is 0 Å². The van der Waals surface area contributed by atoms with Crippen LogP contribution in [0.5, 0.6) is 0 Å². The van der Waals surface area contributed by atoms with Crippen molar-refractivity contribution in [3.63, 3.8) is 0 Å². The predicted octanol–water partition coefficient (Wildman–Crippen LogP) is 2.75. The molecule has 0 atom stereocenters. The summed E-state index contributed by atoms with van der Waals surface area (Å²) < 4.78 is 0. The molecule has 96 valence electrons. The molecule has 0 fully saturated rings. The van der Waals surface area contributed by atoms with Gasteiger partial charge in [0.25, 0.3) is 0 Å². The average Bonchev–Trinajstić information content (AvgIpc) is 2.33. The lowest BCUT2D eigenvalue weighted by Gasteiger charge is -2.18. The molecule has 0 aromatic heterocycles. The van der Waals surface area contributed by atoms with Gasteiger partial charge in [-0.05, 0) is 31.5 Å². The van der Waals surface area contributed by atoms with Crippen LogP contribution < -0.4 is 5.32 Å². The van der Waals surface area contributed by atoms with E-state index in [2.05, 4.69) is 61.4 Å². The molecule has 1 aromatic rings. The molecule has 0 aliphatic heterocycles. The molecular formula is C15H26N2. The molecule has 0 amide bonds. The second kappa shape index (κ2) is 8.26. The van der Waals surface area contributed by atoms with E-state index >= 15 is 0 Å². The van der Waals surface area contributed by atoms with Crippen molar-refractivity contribution < 1.29 is 0 Å². The second-order valence-electron chi connectivity index (χ2n) is 5.15. The Labute approximate surface area is 106 Å². The van der Waals surface area contributed by atoms with Crippen molar-refractivity contribution in [2.75, 3.05) is 26.7 Å². The Hall–Kier alpha value is -0.860. The van der Waals surface area contributed by atoms with Crippen LogP contribution in [0.1, 0.15) is 25.8 Å². The van der Waals surface area contributed by atoms with E-state index in [0.29, 0.717) is 0 Å². The molecule has 0 spiro atoms. The van der Waals surface area contributed by atoms with Gasteiger partial charge >= 0.3 is 0 Å². The maximum atomic E-state index is 3.48. The van der Waals surface area contributed by atoms with Crippen molar-refractivity contribution in [1.82, 2.24) is 10.2 Å². The second-order valence-corrected chi connectivity index (χ2v) is 5.15. The Balaban J connectivity index is 2.04. The van der Waals surface area contributed by atoms with Gasteiger partial charge in [-0.2, -0.15) is 0 Å². The van der Waals surface area contributed by atoms with E-state index in [9.17, 15) is 0 Å². The van der Waals surface area contributed by atoms with Gasteiger partial charge in [0.2, 0.25) is 0 Å². The highest BCUT2D eigenvalue weighted by Crippen LogP contribution is 2.00. The van der Waals surface area contributed by atoms with E-state index in [1.807, 2.05) is 0 Å². The number of benzene rings is 1. The molecule has 1 rings (SSSR count). The first-order chi connectivity index (χ1) is 8.18. The largest absolute Gasteiger partial charge is 0.311 e. The first-order valence-electron chi connectivity index (χ1n) is 6.61. The molecule has 0 saturated heterocycles. The van der Waals surface area contributed by atoms with Gasteiger partial charge in [0.1, 0.15) is 0 Å². The maximum absolute atomic E-state index is 3.48. The van der Waals surface area contributed by atoms with Crippen molar-refractivity contribution in [1.29, 1.82) is 0 Å². The lowest BCUT2D eigenvalue weighted by Crippen LogP contribution is -2.30. The summed E-state index contributed by atoms with van der Waals surface area (Å²) in [7, 11) is 2.20. The fourth-order valence-corrected chi connectivity index (χ4v) is 1.69. The summed E-state index contributed by atoms with van der Waals surface area (Å²) in [5, 5.41) is 3.48. The average molecular weight is 234 g/mol. The maximum Gasteiger partial charge on any atom is 0.0206 e. The number of hydrogen-bond acceptors (Lipinski definition) is 2. The zero-order valence-corrected chi connectivity index (χ0v) is 11.4. The lowest BCUT2D eigenvalue weighted by atomic mass is 10.1. The molecule has 0 radical (unpaired) electrons. The Bertz CT molecular complexity index is 282. The van der Waals surface area contributed by atoms with Crippen LogP contribution in [-0.2, 0) is 6.54 Å². The third-order valence-corrected chi connectivity index (χ3v) is 2.93. The number of nitrogens with zero attached hydrogens (tertiary/aromatic N) is 1. The summed E-state index contributed by atoms with van der Waals surface area (Å²) in [5.41, 5.74) is 1.36. The highest BCUT2D eigenvalue weighted by molar-refractivity contribution is 5.14. The molecule has 1 aromatic carbocycles. The van der Waals surface area contributed by atoms with Crippen molar-refractivity contribution in [3.05, 3.63) is 35.9 Å². The summed E-state index contributed by atoms with van der Waals surface area (Å²) in [5.74, 6) is 0.801. The van der Waals surface area contributed by atoms with E-state index in [-0.39, 0.29) is 0 Å². The van der Waals surface area contributed by atoms with Crippen LogP contribution in [0.3, 0.4) is 0 Å². The van der Waals surface area contributed by atoms with Gasteiger partial charge in [-0.15, -0.1) is 0 Å². The molecule has 1 N–H and O–H groups in total. The summed E-state index contributed by atoms with van der Waals surface area (Å²) in [6.07, 6.45) is 1.29. The molecule has 17 heavy (non-hydrogen) atoms. The summed E-state index contributed by atoms with van der Waals surface area (Å²) in [4.78, 5) is 2.40. The zero-order chi connectivity index (χ0) is 12.5. The fraction of sp³-hybridized carbons (Fsp3) is 0.600. The molecule has 0 heterocycles. The van der Waals surface area contributed by atoms with E-state index in [0.717, 1.165) is 25.6 Å². The Morgan fingerprint density at radius 2 is 1.82 bits per heavy atom. The third kappa shape index (κ3) is 7.14. The van der Waals surface area contributed by atoms with Gasteiger partial charge in [0.05, 0.1) is 0 Å². The van der Waals surface area contributed by atoms with Crippen LogP contribution in [0.25, 0.3) is 0 Å². The quantitative estimate of drug-likeness (QED) is 0.696. The van der Waals surface area contributed by atoms with Crippen LogP contribution in [0.4, 0.5) is 0 Å². The fourth-order valence-electron chi connectivity index (χ4n) is 1.69. The molecule has 0 bridgehead atoms. The van der Waals surface area contributed by atoms with Gasteiger partial charge in [-0.25, -0.2) is 0 Å². The highest BCUT2D eigenvalue weighted by atomic mass is 15.1. The monoisotopic (exact) mass is 234 g/mol. The molecule has 2 nitrogen and oxygen atoms in total. The van der Waals surface area contributed by atoms with Crippen molar-refractivity contribution in [3.8, 4) is 0 Å². The SMILES string of the molecule is CC(C)CCN(C)CCNCc1ccccc1. The van der Waals surface area contributed by atoms with Crippen LogP contribution in [-0.4, -0.2) is 31.6 Å². The van der Waals surface area contributed by atoms with Crippen molar-refractivity contribution in [2.24, 2.45) is 5.92 Å². The molecular weight excluding hydrogens is 208 g/mol. The number of rotatable bonds is 8. The summed E-state index contributed by atoms with van der Waals surface area (Å²) in [6.45, 7) is 8.91. The summed E-state index contributed by atoms with van der Waals surface area (Å²) >= 11 is 0. The Morgan fingerprint density at radius 1 is 1.12 bits per heavy atom. The van der Waals surface area contributed by atoms with Crippen molar-refractivity contribution >= 4 is 0 Å². The van der Waals surface area contributed by atoms with Gasteiger partial charge in [0.15, 0.2) is 0 Å². The topological polar surface area (TPSA) is 15.3 Å². The number of nitrogens with one attached hydrogen (secondary N) is 1. The molecule has 2 heteroatoms. The first kappa shape index (κ1) is 14.2. The minimum atomic E-state index is 0.801. The molecule has 0 saturated carbocycles. The number of hydrogen-bond donors (Lipinski definition) is 1. The highest BCUT2D eigenvalue weighted by Gasteiger charge is 2.00. The standard InChI is InChI=1S/C15H26N2/c1-14(2)9-11-17(3)12-10-16-13-15-7-5-4-6-8-15/h4-8,14,16H,9-13H2,1-3H3. The van der Waals surface area contributed by atoms with Gasteiger partial charge < -0.3 is 10.2 Å². The first-order valence-corrected chi connectivity index (χ1v) is 6.61. The minimum Gasteiger partial charge on any atom is -0.311 e. The number of likely N-dealkylation sites (N-methyl/N-ethyl adjacent to an activating group) is 1. The Kier molecular flexibility index (Phi) is 6.90. The predicted molar refractivity (Wildman–Crippen MR) is 75.1 cm³/mol. The van der Waals surface area contributed by atoms with Gasteiger partial charge in [-0.3, -0.25) is 0 Å². The van der Waals surface area contributed by atoms with Gasteiger partial charge in [0, 0.05) is 19.6 Å². The minimum absolute atomic E-state index is 0.801. The third-order valence-electron chi connectivity index (χ3n) is 2.93. The van der Waals surface area contributed by atoms with Crippen molar-refractivity contribution in [2.45, 2.75) is 26.8 Å². The Morgan fingerprint density at radius 3 is 2.47 bits per heavy atom. The van der Waals surface area contributed by atoms with Crippen LogP contribution in [0, 0.1) is 5.92 Å². The van der Waals surface area contributed by atoms with E-state index in [1.54, 1.807) is 0 Å². The van der Waals surface area contributed by atoms with Crippen LogP contribution in [0.2, 0.25) is 0 Å². The van der Waals surface area contributed by atoms with Gasteiger partial charge in [-0.1, -0.05) is 44.2 Å². The molecule has 0 aliphatic carbocycles. The zero-order valence-electron chi connectivity index (χ0n) is 11.4. The van der Waals surface area contributed by atoms with E-state index in [4.69, 9.17) is 0 Å².